The number of rotatable bonds is 31. The third kappa shape index (κ3) is 18.4. The van der Waals surface area contributed by atoms with Crippen molar-refractivity contribution in [3.8, 4) is 0 Å². The van der Waals surface area contributed by atoms with Crippen LogP contribution in [0.5, 0.6) is 0 Å². The van der Waals surface area contributed by atoms with E-state index in [4.69, 9.17) is 11.8 Å². The van der Waals surface area contributed by atoms with Crippen LogP contribution >= 0.6 is 11.8 Å². The zero-order valence-corrected chi connectivity index (χ0v) is 29.3. The van der Waals surface area contributed by atoms with Gasteiger partial charge in [0, 0.05) is 19.3 Å². The number of unbranched alkanes of at least 4 members (excludes halogenated alkanes) is 26. The highest BCUT2D eigenvalue weighted by Crippen LogP contribution is 2.42. The molecule has 0 radical (unpaired) electrons. The zero-order valence-electron chi connectivity index (χ0n) is 28.6. The van der Waals surface area contributed by atoms with Crippen LogP contribution in [0.3, 0.4) is 0 Å². The number of hydrogen-bond donors (Lipinski definition) is 0. The molecule has 0 aromatic heterocycles. The Morgan fingerprint density at radius 3 is 1.02 bits per heavy atom. The molecule has 0 spiro atoms. The monoisotopic (exact) mass is 597 g/mol. The van der Waals surface area contributed by atoms with Crippen molar-refractivity contribution in [1.82, 2.24) is 0 Å². The maximum absolute atomic E-state index is 12.9. The smallest absolute Gasteiger partial charge is 0.229 e. The number of halogens is 1. The Balaban J connectivity index is 2.14. The van der Waals surface area contributed by atoms with Crippen molar-refractivity contribution in [3.05, 3.63) is 0 Å². The van der Waals surface area contributed by atoms with Gasteiger partial charge in [0.2, 0.25) is 0 Å². The minimum absolute atomic E-state index is 0.0800. The van der Waals surface area contributed by atoms with Gasteiger partial charge in [-0.3, -0.25) is 0 Å². The second kappa shape index (κ2) is 26.3. The second-order valence-corrected chi connectivity index (χ2v) is 14.7. The Kier molecular flexibility index (Phi) is 25.0. The first-order valence-electron chi connectivity index (χ1n) is 19.1. The zero-order chi connectivity index (χ0) is 29.9. The maximum atomic E-state index is 12.9. The summed E-state index contributed by atoms with van der Waals surface area (Å²) in [4.78, 5) is 12.9. The number of quaternary nitrogens is 1. The molecule has 1 rings (SSSR count). The third-order valence-electron chi connectivity index (χ3n) is 10.2. The summed E-state index contributed by atoms with van der Waals surface area (Å²) in [6, 6.07) is 0. The van der Waals surface area contributed by atoms with Crippen molar-refractivity contribution in [2.45, 2.75) is 232 Å². The molecule has 1 unspecified atom stereocenters. The largest absolute Gasteiger partial charge is 0.332 e. The van der Waals surface area contributed by atoms with Gasteiger partial charge in [0.05, 0.1) is 6.42 Å². The lowest BCUT2D eigenvalue weighted by molar-refractivity contribution is -0.789. The quantitative estimate of drug-likeness (QED) is 0.0574. The van der Waals surface area contributed by atoms with E-state index in [0.29, 0.717) is 6.42 Å². The summed E-state index contributed by atoms with van der Waals surface area (Å²) in [6.07, 6.45) is 42.8. The first-order chi connectivity index (χ1) is 20.0. The van der Waals surface area contributed by atoms with Crippen molar-refractivity contribution >= 4 is 17.7 Å². The molecule has 1 aliphatic heterocycles. The van der Waals surface area contributed by atoms with E-state index >= 15 is 0 Å². The van der Waals surface area contributed by atoms with Crippen molar-refractivity contribution in [2.75, 3.05) is 6.54 Å². The van der Waals surface area contributed by atoms with Crippen LogP contribution < -0.4 is 0 Å². The summed E-state index contributed by atoms with van der Waals surface area (Å²) in [5, 5.41) is 0. The fourth-order valence-electron chi connectivity index (χ4n) is 7.20. The van der Waals surface area contributed by atoms with E-state index in [1.807, 2.05) is 0 Å². The number of carbonyl (C=O) groups excluding carboxylic acids is 1. The highest BCUT2D eigenvalue weighted by Gasteiger charge is 2.54. The van der Waals surface area contributed by atoms with E-state index in [1.54, 1.807) is 0 Å². The predicted octanol–water partition coefficient (Wildman–Crippen LogP) is 13.8. The molecule has 41 heavy (non-hydrogen) atoms. The van der Waals surface area contributed by atoms with E-state index in [2.05, 4.69) is 20.8 Å². The van der Waals surface area contributed by atoms with Gasteiger partial charge in [-0.05, 0) is 19.8 Å². The normalized spacial score (nSPS) is 17.6. The average Bonchev–Trinajstić information content (AvgIpc) is 3.32. The van der Waals surface area contributed by atoms with E-state index < -0.39 is 0 Å². The molecule has 1 amide bonds. The summed E-state index contributed by atoms with van der Waals surface area (Å²) >= 11 is 7.13. The van der Waals surface area contributed by atoms with Gasteiger partial charge in [0.15, 0.2) is 11.8 Å². The van der Waals surface area contributed by atoms with Crippen LogP contribution in [-0.2, 0) is 4.79 Å². The maximum Gasteiger partial charge on any atom is 0.332 e. The molecular formula is C38H75ClNO+. The molecule has 0 saturated carbocycles. The van der Waals surface area contributed by atoms with E-state index in [1.165, 1.54) is 180 Å². The number of carbonyl (C=O) groups is 1. The van der Waals surface area contributed by atoms with Gasteiger partial charge in [-0.2, -0.15) is 4.00 Å². The van der Waals surface area contributed by atoms with Gasteiger partial charge >= 0.3 is 5.91 Å². The van der Waals surface area contributed by atoms with Gasteiger partial charge in [0.25, 0.3) is 0 Å². The van der Waals surface area contributed by atoms with Crippen LogP contribution in [0.1, 0.15) is 226 Å². The first-order valence-corrected chi connectivity index (χ1v) is 19.4. The highest BCUT2D eigenvalue weighted by atomic mass is 35.5. The van der Waals surface area contributed by atoms with E-state index in [9.17, 15) is 4.79 Å². The molecule has 0 aromatic carbocycles. The van der Waals surface area contributed by atoms with Crippen molar-refractivity contribution < 1.29 is 8.80 Å². The molecule has 1 heterocycles. The first kappa shape index (κ1) is 38.9. The summed E-state index contributed by atoms with van der Waals surface area (Å²) in [7, 11) is 0. The van der Waals surface area contributed by atoms with Crippen LogP contribution in [0.15, 0.2) is 0 Å². The Morgan fingerprint density at radius 1 is 0.512 bits per heavy atom. The SMILES string of the molecule is CCCCCCCCCCCCCCCCC(C)(CCCCCCCCCCCCCCCC)[N+]1(Cl)CCCC1=O. The van der Waals surface area contributed by atoms with Crippen molar-refractivity contribution in [3.63, 3.8) is 0 Å². The van der Waals surface area contributed by atoms with Gasteiger partial charge in [0.1, 0.15) is 12.1 Å². The highest BCUT2D eigenvalue weighted by molar-refractivity contribution is 6.13. The lowest BCUT2D eigenvalue weighted by Gasteiger charge is -2.41. The molecule has 3 heteroatoms. The fraction of sp³-hybridized carbons (Fsp3) is 0.974. The fourth-order valence-corrected chi connectivity index (χ4v) is 7.57. The average molecular weight is 597 g/mol. The number of nitrogens with zero attached hydrogens (tertiary/aromatic N) is 1. The Labute approximate surface area is 264 Å². The van der Waals surface area contributed by atoms with E-state index in [-0.39, 0.29) is 15.4 Å². The Hall–Kier alpha value is -0.0800. The topological polar surface area (TPSA) is 17.1 Å². The predicted molar refractivity (Wildman–Crippen MR) is 183 cm³/mol. The molecule has 0 aromatic rings. The minimum atomic E-state index is -0.0800. The van der Waals surface area contributed by atoms with Crippen molar-refractivity contribution in [2.24, 2.45) is 0 Å². The van der Waals surface area contributed by atoms with Gasteiger partial charge in [-0.25, -0.2) is 4.79 Å². The van der Waals surface area contributed by atoms with Crippen LogP contribution in [0, 0.1) is 0 Å². The lowest BCUT2D eigenvalue weighted by atomic mass is 9.86. The molecule has 0 N–H and O–H groups in total. The minimum Gasteiger partial charge on any atom is -0.229 e. The van der Waals surface area contributed by atoms with Crippen LogP contribution in [0.2, 0.25) is 0 Å². The third-order valence-corrected chi connectivity index (χ3v) is 11.0. The summed E-state index contributed by atoms with van der Waals surface area (Å²) < 4.78 is 0.198. The lowest BCUT2D eigenvalue weighted by Crippen LogP contribution is -2.57. The van der Waals surface area contributed by atoms with Gasteiger partial charge < -0.3 is 0 Å². The molecule has 0 bridgehead atoms. The van der Waals surface area contributed by atoms with Crippen LogP contribution in [0.4, 0.5) is 0 Å². The van der Waals surface area contributed by atoms with Gasteiger partial charge in [-0.1, -0.05) is 181 Å². The Bertz CT molecular complexity index is 561. The van der Waals surface area contributed by atoms with E-state index in [0.717, 1.165) is 25.8 Å². The van der Waals surface area contributed by atoms with Crippen LogP contribution in [-0.4, -0.2) is 22.0 Å². The summed E-state index contributed by atoms with van der Waals surface area (Å²) in [5.41, 5.74) is -0.0800. The molecule has 1 atom stereocenters. The van der Waals surface area contributed by atoms with Crippen LogP contribution in [0.25, 0.3) is 0 Å². The number of amides is 1. The molecular weight excluding hydrogens is 522 g/mol. The summed E-state index contributed by atoms with van der Waals surface area (Å²) in [5.74, 6) is 0.282. The summed E-state index contributed by atoms with van der Waals surface area (Å²) in [6.45, 7) is 7.77. The standard InChI is InChI=1S/C38H75ClNO/c1-4-6-8-10-12-14-16-18-20-22-24-26-28-30-34-38(3,40(39)36-32-33-37(40)41)35-31-29-27-25-23-21-19-17-15-13-11-9-7-5-2/h4-36H2,1-3H3/q+1. The second-order valence-electron chi connectivity index (χ2n) is 14.1. The number of likely N-dealkylation sites (tertiary alicyclic amines) is 1. The molecule has 1 aliphatic rings. The molecule has 1 fully saturated rings. The molecule has 244 valence electrons. The van der Waals surface area contributed by atoms with Crippen molar-refractivity contribution in [1.29, 1.82) is 0 Å². The number of hydrogen-bond acceptors (Lipinski definition) is 1. The molecule has 1 saturated heterocycles. The van der Waals surface area contributed by atoms with Gasteiger partial charge in [-0.15, -0.1) is 0 Å². The molecule has 2 nitrogen and oxygen atoms in total. The molecule has 0 aliphatic carbocycles. The Morgan fingerprint density at radius 2 is 0.780 bits per heavy atom.